The highest BCUT2D eigenvalue weighted by atomic mass is 35.5. The van der Waals surface area contributed by atoms with Gasteiger partial charge in [-0.25, -0.2) is 12.8 Å². The molecule has 0 aromatic heterocycles. The van der Waals surface area contributed by atoms with Gasteiger partial charge in [0.05, 0.1) is 39.4 Å². The van der Waals surface area contributed by atoms with E-state index in [0.717, 1.165) is 23.1 Å². The highest BCUT2D eigenvalue weighted by molar-refractivity contribution is 7.91. The number of alkyl halides is 1. The van der Waals surface area contributed by atoms with E-state index < -0.39 is 32.7 Å². The van der Waals surface area contributed by atoms with Gasteiger partial charge in [-0.05, 0) is 35.7 Å². The maximum absolute atomic E-state index is 15.2. The summed E-state index contributed by atoms with van der Waals surface area (Å²) in [7, 11) is -3.45. The third-order valence-corrected chi connectivity index (χ3v) is 7.90. The molecular weight excluding hydrogens is 512 g/mol. The van der Waals surface area contributed by atoms with Crippen LogP contribution >= 0.6 is 34.8 Å². The van der Waals surface area contributed by atoms with Crippen LogP contribution in [0.2, 0.25) is 15.1 Å². The molecule has 1 unspecified atom stereocenters. The number of sulfone groups is 1. The van der Waals surface area contributed by atoms with Crippen LogP contribution in [0, 0.1) is 0 Å². The van der Waals surface area contributed by atoms with E-state index in [1.807, 2.05) is 6.92 Å². The average Bonchev–Trinajstić information content (AvgIpc) is 3.11. The van der Waals surface area contributed by atoms with E-state index in [4.69, 9.17) is 34.8 Å². The van der Waals surface area contributed by atoms with Crippen molar-refractivity contribution in [1.29, 1.82) is 0 Å². The smallest absolute Gasteiger partial charge is 0.237 e. The molecule has 2 aliphatic rings. The first kappa shape index (κ1) is 24.3. The Hall–Kier alpha value is -1.87. The lowest BCUT2D eigenvalue weighted by Crippen LogP contribution is -2.59. The fraction of sp³-hybridized carbons (Fsp3) is 0.364. The van der Waals surface area contributed by atoms with Crippen molar-refractivity contribution in [1.82, 2.24) is 10.3 Å². The van der Waals surface area contributed by atoms with Gasteiger partial charge >= 0.3 is 0 Å². The van der Waals surface area contributed by atoms with Crippen LogP contribution in [-0.2, 0) is 25.8 Å². The van der Waals surface area contributed by atoms with Crippen LogP contribution in [0.25, 0.3) is 0 Å². The number of carbonyl (C=O) groups is 1. The van der Waals surface area contributed by atoms with Gasteiger partial charge in [-0.2, -0.15) is 5.10 Å². The zero-order valence-electron chi connectivity index (χ0n) is 17.8. The van der Waals surface area contributed by atoms with Crippen molar-refractivity contribution in [2.24, 2.45) is 5.10 Å². The Bertz CT molecular complexity index is 1240. The second-order valence-electron chi connectivity index (χ2n) is 8.80. The van der Waals surface area contributed by atoms with Crippen molar-refractivity contribution in [2.75, 3.05) is 25.1 Å². The third-order valence-electron chi connectivity index (χ3n) is 5.94. The zero-order chi connectivity index (χ0) is 24.2. The molecule has 2 aromatic rings. The number of hydrazone groups is 1. The molecule has 0 aliphatic carbocycles. The molecular formula is C22H21Cl3FN3O3S. The molecule has 2 aliphatic heterocycles. The number of benzene rings is 2. The van der Waals surface area contributed by atoms with Gasteiger partial charge in [-0.1, -0.05) is 59.1 Å². The van der Waals surface area contributed by atoms with E-state index in [1.54, 1.807) is 36.4 Å². The molecule has 1 N–H and O–H groups in total. The van der Waals surface area contributed by atoms with Gasteiger partial charge in [0.15, 0.2) is 15.5 Å². The minimum atomic E-state index is -3.45. The van der Waals surface area contributed by atoms with Crippen molar-refractivity contribution >= 4 is 56.3 Å². The maximum atomic E-state index is 15.2. The number of amides is 1. The van der Waals surface area contributed by atoms with Gasteiger partial charge in [-0.3, -0.25) is 10.2 Å². The summed E-state index contributed by atoms with van der Waals surface area (Å²) in [5, 5.41) is 5.47. The van der Waals surface area contributed by atoms with E-state index >= 15 is 4.39 Å². The highest BCUT2D eigenvalue weighted by Gasteiger charge is 2.47. The Morgan fingerprint density at radius 2 is 1.70 bits per heavy atom. The highest BCUT2D eigenvalue weighted by Crippen LogP contribution is 2.39. The standard InChI is InChI=1S/C22H21Cl3FN3O3S/c1-21(15-7-16(23)20(25)17(24)8-15)9-18(27-28-21)13-3-5-14(6-4-13)22(26)11-29(12-22)19(30)10-33(2,31)32/h3-8,28H,9-12H2,1-2H3. The molecule has 33 heavy (non-hydrogen) atoms. The summed E-state index contributed by atoms with van der Waals surface area (Å²) in [6.45, 7) is 1.64. The first-order chi connectivity index (χ1) is 15.3. The van der Waals surface area contributed by atoms with Crippen LogP contribution in [0.4, 0.5) is 4.39 Å². The minimum Gasteiger partial charge on any atom is -0.335 e. The predicted octanol–water partition coefficient (Wildman–Crippen LogP) is 4.31. The number of nitrogens with one attached hydrogen (secondary N) is 1. The number of nitrogens with zero attached hydrogens (tertiary/aromatic N) is 2. The van der Waals surface area contributed by atoms with Crippen molar-refractivity contribution in [3.05, 3.63) is 68.2 Å². The molecule has 6 nitrogen and oxygen atoms in total. The number of likely N-dealkylation sites (tertiary alicyclic amines) is 1. The fourth-order valence-corrected chi connectivity index (χ4v) is 5.23. The minimum absolute atomic E-state index is 0.167. The normalized spacial score (nSPS) is 21.9. The molecule has 0 radical (unpaired) electrons. The molecule has 0 spiro atoms. The summed E-state index contributed by atoms with van der Waals surface area (Å²) in [4.78, 5) is 13.2. The Labute approximate surface area is 206 Å². The third kappa shape index (κ3) is 4.85. The van der Waals surface area contributed by atoms with E-state index in [0.29, 0.717) is 27.1 Å². The SMILES string of the molecule is CC1(c2cc(Cl)c(Cl)c(Cl)c2)CC(c2ccc(C3(F)CN(C(=O)CS(C)(=O)=O)C3)cc2)=NN1. The second-order valence-corrected chi connectivity index (χ2v) is 12.1. The zero-order valence-corrected chi connectivity index (χ0v) is 20.9. The molecule has 1 saturated heterocycles. The Balaban J connectivity index is 1.44. The molecule has 1 atom stereocenters. The molecule has 176 valence electrons. The molecule has 1 fully saturated rings. The van der Waals surface area contributed by atoms with Crippen molar-refractivity contribution in [2.45, 2.75) is 24.6 Å². The lowest BCUT2D eigenvalue weighted by molar-refractivity contribution is -0.143. The number of hydrogen-bond acceptors (Lipinski definition) is 5. The Kier molecular flexibility index (Phi) is 6.18. The topological polar surface area (TPSA) is 78.8 Å². The summed E-state index contributed by atoms with van der Waals surface area (Å²) >= 11 is 18.4. The largest absolute Gasteiger partial charge is 0.335 e. The second kappa shape index (κ2) is 8.41. The number of halogens is 4. The average molecular weight is 533 g/mol. The summed E-state index contributed by atoms with van der Waals surface area (Å²) in [6.07, 6.45) is 1.53. The number of carbonyl (C=O) groups excluding carboxylic acids is 1. The van der Waals surface area contributed by atoms with Crippen molar-refractivity contribution in [3.63, 3.8) is 0 Å². The van der Waals surface area contributed by atoms with Crippen LogP contribution in [0.15, 0.2) is 41.5 Å². The number of rotatable bonds is 5. The molecule has 0 bridgehead atoms. The summed E-state index contributed by atoms with van der Waals surface area (Å²) in [5.41, 5.74) is 3.78. The van der Waals surface area contributed by atoms with E-state index in [2.05, 4.69) is 10.5 Å². The molecule has 2 heterocycles. The predicted molar refractivity (Wildman–Crippen MR) is 129 cm³/mol. The van der Waals surface area contributed by atoms with Crippen LogP contribution in [0.5, 0.6) is 0 Å². The van der Waals surface area contributed by atoms with Gasteiger partial charge in [0, 0.05) is 12.7 Å². The van der Waals surface area contributed by atoms with Crippen molar-refractivity contribution in [3.8, 4) is 0 Å². The van der Waals surface area contributed by atoms with Crippen LogP contribution in [0.1, 0.15) is 30.0 Å². The lowest BCUT2D eigenvalue weighted by Gasteiger charge is -2.44. The number of hydrogen-bond donors (Lipinski definition) is 1. The van der Waals surface area contributed by atoms with Gasteiger partial charge in [0.25, 0.3) is 0 Å². The van der Waals surface area contributed by atoms with Gasteiger partial charge in [0.1, 0.15) is 5.75 Å². The van der Waals surface area contributed by atoms with Gasteiger partial charge in [0.2, 0.25) is 5.91 Å². The molecule has 4 rings (SSSR count). The maximum Gasteiger partial charge on any atom is 0.237 e. The quantitative estimate of drug-likeness (QED) is 0.582. The van der Waals surface area contributed by atoms with Crippen molar-refractivity contribution < 1.29 is 17.6 Å². The molecule has 11 heteroatoms. The summed E-state index contributed by atoms with van der Waals surface area (Å²) in [5.74, 6) is -1.20. The Morgan fingerprint density at radius 3 is 2.24 bits per heavy atom. The Morgan fingerprint density at radius 1 is 1.12 bits per heavy atom. The molecule has 1 amide bonds. The first-order valence-electron chi connectivity index (χ1n) is 10.0. The van der Waals surface area contributed by atoms with E-state index in [1.165, 1.54) is 4.90 Å². The molecule has 2 aromatic carbocycles. The van der Waals surface area contributed by atoms with Crippen LogP contribution in [0.3, 0.4) is 0 Å². The summed E-state index contributed by atoms with van der Waals surface area (Å²) < 4.78 is 37.8. The van der Waals surface area contributed by atoms with E-state index in [-0.39, 0.29) is 13.1 Å². The fourth-order valence-electron chi connectivity index (χ4n) is 4.01. The van der Waals surface area contributed by atoms with Crippen LogP contribution in [-0.4, -0.2) is 50.0 Å². The molecule has 0 saturated carbocycles. The lowest BCUT2D eigenvalue weighted by atomic mass is 9.85. The monoisotopic (exact) mass is 531 g/mol. The van der Waals surface area contributed by atoms with E-state index in [9.17, 15) is 13.2 Å². The van der Waals surface area contributed by atoms with Gasteiger partial charge in [-0.15, -0.1) is 0 Å². The van der Waals surface area contributed by atoms with Gasteiger partial charge < -0.3 is 4.90 Å². The summed E-state index contributed by atoms with van der Waals surface area (Å²) in [6, 6.07) is 10.4. The van der Waals surface area contributed by atoms with Crippen LogP contribution < -0.4 is 5.43 Å². The first-order valence-corrected chi connectivity index (χ1v) is 13.2.